The van der Waals surface area contributed by atoms with Crippen LogP contribution in [0.4, 0.5) is 5.69 Å². The first-order valence-corrected chi connectivity index (χ1v) is 5.85. The summed E-state index contributed by atoms with van der Waals surface area (Å²) in [5, 5.41) is 18.2. The van der Waals surface area contributed by atoms with Gasteiger partial charge in [-0.3, -0.25) is 4.79 Å². The number of rotatable bonds is 3. The van der Waals surface area contributed by atoms with Crippen LogP contribution in [0.3, 0.4) is 0 Å². The molecule has 19 heavy (non-hydrogen) atoms. The fourth-order valence-corrected chi connectivity index (χ4v) is 2.21. The molecule has 6 heteroatoms. The first-order chi connectivity index (χ1) is 9.00. The molecule has 0 aliphatic carbocycles. The van der Waals surface area contributed by atoms with E-state index in [-0.39, 0.29) is 6.54 Å². The predicted octanol–water partition coefficient (Wildman–Crippen LogP) is 0.559. The largest absolute Gasteiger partial charge is 0.497 e. The van der Waals surface area contributed by atoms with E-state index >= 15 is 0 Å². The van der Waals surface area contributed by atoms with E-state index in [0.29, 0.717) is 30.0 Å². The van der Waals surface area contributed by atoms with E-state index in [2.05, 4.69) is 6.07 Å². The van der Waals surface area contributed by atoms with Gasteiger partial charge in [0.05, 0.1) is 18.4 Å². The van der Waals surface area contributed by atoms with Gasteiger partial charge in [-0.05, 0) is 18.6 Å². The van der Waals surface area contributed by atoms with Crippen molar-refractivity contribution in [3.05, 3.63) is 23.8 Å². The highest BCUT2D eigenvalue weighted by atomic mass is 16.5. The Bertz CT molecular complexity index is 553. The third-order valence-electron chi connectivity index (χ3n) is 3.39. The van der Waals surface area contributed by atoms with E-state index in [1.807, 2.05) is 4.90 Å². The van der Waals surface area contributed by atoms with Crippen LogP contribution >= 0.6 is 0 Å². The number of hydrogen-bond acceptors (Lipinski definition) is 5. The van der Waals surface area contributed by atoms with Crippen molar-refractivity contribution in [1.82, 2.24) is 0 Å². The number of nitriles is 1. The van der Waals surface area contributed by atoms with E-state index in [9.17, 15) is 4.79 Å². The number of nitrogens with two attached hydrogens (primary N) is 1. The Balaban J connectivity index is 2.33. The zero-order chi connectivity index (χ0) is 14.0. The summed E-state index contributed by atoms with van der Waals surface area (Å²) in [6.45, 7) is 0.689. The standard InChI is InChI=1S/C13H15N3O3/c1-19-10-3-2-9(7-14)11(6-10)16-5-4-13(15,8-16)12(17)18/h2-3,6H,4-5,8,15H2,1H3,(H,17,18). The van der Waals surface area contributed by atoms with Crippen molar-refractivity contribution >= 4 is 11.7 Å². The minimum atomic E-state index is -1.25. The van der Waals surface area contributed by atoms with Gasteiger partial charge in [0, 0.05) is 19.2 Å². The topological polar surface area (TPSA) is 99.6 Å². The summed E-state index contributed by atoms with van der Waals surface area (Å²) in [5.74, 6) is -0.393. The van der Waals surface area contributed by atoms with Gasteiger partial charge in [-0.15, -0.1) is 0 Å². The van der Waals surface area contributed by atoms with Crippen LogP contribution in [0.1, 0.15) is 12.0 Å². The second-order valence-corrected chi connectivity index (χ2v) is 4.63. The number of hydrogen-bond donors (Lipinski definition) is 2. The molecule has 6 nitrogen and oxygen atoms in total. The second-order valence-electron chi connectivity index (χ2n) is 4.63. The number of carbonyl (C=O) groups is 1. The van der Waals surface area contributed by atoms with Gasteiger partial charge in [-0.25, -0.2) is 0 Å². The monoisotopic (exact) mass is 261 g/mol. The zero-order valence-electron chi connectivity index (χ0n) is 10.6. The van der Waals surface area contributed by atoms with Crippen molar-refractivity contribution in [2.45, 2.75) is 12.0 Å². The molecular weight excluding hydrogens is 246 g/mol. The Kier molecular flexibility index (Phi) is 3.32. The Labute approximate surface area is 111 Å². The van der Waals surface area contributed by atoms with E-state index in [1.54, 1.807) is 25.3 Å². The number of aliphatic carboxylic acids is 1. The molecule has 1 heterocycles. The third-order valence-corrected chi connectivity index (χ3v) is 3.39. The van der Waals surface area contributed by atoms with Gasteiger partial charge >= 0.3 is 5.97 Å². The Morgan fingerprint density at radius 2 is 2.37 bits per heavy atom. The molecule has 1 aliphatic rings. The lowest BCUT2D eigenvalue weighted by molar-refractivity contribution is -0.142. The van der Waals surface area contributed by atoms with Crippen LogP contribution in [0.15, 0.2) is 18.2 Å². The highest BCUT2D eigenvalue weighted by Crippen LogP contribution is 2.31. The summed E-state index contributed by atoms with van der Waals surface area (Å²) in [4.78, 5) is 13.0. The molecule has 0 bridgehead atoms. The number of benzene rings is 1. The maximum absolute atomic E-state index is 11.1. The van der Waals surface area contributed by atoms with Gasteiger partial charge in [-0.1, -0.05) is 0 Å². The molecule has 1 fully saturated rings. The summed E-state index contributed by atoms with van der Waals surface area (Å²) in [5.41, 5.74) is 5.73. The number of anilines is 1. The van der Waals surface area contributed by atoms with Gasteiger partial charge in [0.25, 0.3) is 0 Å². The average molecular weight is 261 g/mol. The maximum Gasteiger partial charge on any atom is 0.325 e. The summed E-state index contributed by atoms with van der Waals surface area (Å²) >= 11 is 0. The molecule has 0 spiro atoms. The predicted molar refractivity (Wildman–Crippen MR) is 69.1 cm³/mol. The molecule has 1 aromatic carbocycles. The van der Waals surface area contributed by atoms with E-state index in [1.165, 1.54) is 0 Å². The van der Waals surface area contributed by atoms with Crippen molar-refractivity contribution < 1.29 is 14.6 Å². The van der Waals surface area contributed by atoms with Crippen LogP contribution in [-0.4, -0.2) is 36.8 Å². The van der Waals surface area contributed by atoms with Gasteiger partial charge in [0.15, 0.2) is 0 Å². The van der Waals surface area contributed by atoms with E-state index in [4.69, 9.17) is 20.8 Å². The van der Waals surface area contributed by atoms with Crippen LogP contribution < -0.4 is 15.4 Å². The molecule has 1 atom stereocenters. The first kappa shape index (κ1) is 13.2. The second kappa shape index (κ2) is 4.78. The SMILES string of the molecule is COc1ccc(C#N)c(N2CCC(N)(C(=O)O)C2)c1. The van der Waals surface area contributed by atoms with Crippen LogP contribution in [0.2, 0.25) is 0 Å². The van der Waals surface area contributed by atoms with E-state index < -0.39 is 11.5 Å². The van der Waals surface area contributed by atoms with Crippen molar-refractivity contribution in [3.63, 3.8) is 0 Å². The molecule has 0 saturated carbocycles. The van der Waals surface area contributed by atoms with Crippen molar-refractivity contribution in [2.75, 3.05) is 25.1 Å². The highest BCUT2D eigenvalue weighted by molar-refractivity contribution is 5.81. The number of ether oxygens (including phenoxy) is 1. The van der Waals surface area contributed by atoms with Gasteiger partial charge in [0.1, 0.15) is 17.4 Å². The molecule has 1 saturated heterocycles. The Morgan fingerprint density at radius 1 is 1.63 bits per heavy atom. The smallest absolute Gasteiger partial charge is 0.325 e. The zero-order valence-corrected chi connectivity index (χ0v) is 10.6. The Hall–Kier alpha value is -2.26. The van der Waals surface area contributed by atoms with Crippen molar-refractivity contribution in [2.24, 2.45) is 5.73 Å². The van der Waals surface area contributed by atoms with Crippen molar-refractivity contribution in [1.29, 1.82) is 5.26 Å². The van der Waals surface area contributed by atoms with Gasteiger partial charge in [-0.2, -0.15) is 5.26 Å². The normalized spacial score (nSPS) is 22.1. The lowest BCUT2D eigenvalue weighted by Crippen LogP contribution is -2.50. The molecule has 1 aromatic rings. The summed E-state index contributed by atoms with van der Waals surface area (Å²) in [6, 6.07) is 7.18. The van der Waals surface area contributed by atoms with Crippen LogP contribution in [0, 0.1) is 11.3 Å². The number of carboxylic acid groups (broad SMARTS) is 1. The lowest BCUT2D eigenvalue weighted by Gasteiger charge is -2.23. The molecule has 100 valence electrons. The molecule has 0 aromatic heterocycles. The van der Waals surface area contributed by atoms with Crippen LogP contribution in [-0.2, 0) is 4.79 Å². The van der Waals surface area contributed by atoms with Crippen LogP contribution in [0.25, 0.3) is 0 Å². The Morgan fingerprint density at radius 3 is 2.89 bits per heavy atom. The minimum absolute atomic E-state index is 0.185. The highest BCUT2D eigenvalue weighted by Gasteiger charge is 2.41. The summed E-state index contributed by atoms with van der Waals surface area (Å²) < 4.78 is 5.13. The minimum Gasteiger partial charge on any atom is -0.497 e. The van der Waals surface area contributed by atoms with Gasteiger partial charge in [0.2, 0.25) is 0 Å². The number of methoxy groups -OCH3 is 1. The fourth-order valence-electron chi connectivity index (χ4n) is 2.21. The molecule has 0 radical (unpaired) electrons. The molecule has 0 amide bonds. The molecule has 1 unspecified atom stereocenters. The first-order valence-electron chi connectivity index (χ1n) is 5.85. The average Bonchev–Trinajstić information content (AvgIpc) is 2.82. The molecule has 1 aliphatic heterocycles. The van der Waals surface area contributed by atoms with Gasteiger partial charge < -0.3 is 20.5 Å². The number of carboxylic acids is 1. The lowest BCUT2D eigenvalue weighted by atomic mass is 10.0. The fraction of sp³-hybridized carbons (Fsp3) is 0.385. The van der Waals surface area contributed by atoms with E-state index in [0.717, 1.165) is 0 Å². The third kappa shape index (κ3) is 2.33. The quantitative estimate of drug-likeness (QED) is 0.824. The maximum atomic E-state index is 11.1. The van der Waals surface area contributed by atoms with Crippen LogP contribution in [0.5, 0.6) is 5.75 Å². The summed E-state index contributed by atoms with van der Waals surface area (Å²) in [6.07, 6.45) is 0.352. The molecule has 2 rings (SSSR count). The summed E-state index contributed by atoms with van der Waals surface area (Å²) in [7, 11) is 1.54. The molecular formula is C13H15N3O3. The number of nitrogens with zero attached hydrogens (tertiary/aromatic N) is 2. The van der Waals surface area contributed by atoms with Crippen molar-refractivity contribution in [3.8, 4) is 11.8 Å². The molecule has 3 N–H and O–H groups in total.